The van der Waals surface area contributed by atoms with Crippen LogP contribution in [0.15, 0.2) is 0 Å². The van der Waals surface area contributed by atoms with E-state index in [-0.39, 0.29) is 23.8 Å². The average Bonchev–Trinajstić information content (AvgIpc) is 2.75. The first kappa shape index (κ1) is 13.3. The van der Waals surface area contributed by atoms with Gasteiger partial charge in [-0.15, -0.1) is 0 Å². The van der Waals surface area contributed by atoms with Crippen molar-refractivity contribution >= 4 is 11.8 Å². The van der Waals surface area contributed by atoms with Crippen molar-refractivity contribution in [1.82, 2.24) is 15.5 Å². The molecule has 2 fully saturated rings. The van der Waals surface area contributed by atoms with E-state index < -0.39 is 0 Å². The smallest absolute Gasteiger partial charge is 0.227 e. The number of nitrogens with zero attached hydrogens (tertiary/aromatic N) is 1. The van der Waals surface area contributed by atoms with Gasteiger partial charge >= 0.3 is 0 Å². The lowest BCUT2D eigenvalue weighted by Gasteiger charge is -2.34. The Morgan fingerprint density at radius 3 is 2.39 bits per heavy atom. The number of carbonyl (C=O) groups is 2. The molecule has 102 valence electrons. The van der Waals surface area contributed by atoms with Gasteiger partial charge in [0, 0.05) is 32.6 Å². The van der Waals surface area contributed by atoms with Gasteiger partial charge in [0.25, 0.3) is 0 Å². The Kier molecular flexibility index (Phi) is 4.22. The van der Waals surface area contributed by atoms with E-state index in [0.29, 0.717) is 5.92 Å². The van der Waals surface area contributed by atoms with Crippen LogP contribution in [0.1, 0.15) is 26.7 Å². The predicted molar refractivity (Wildman–Crippen MR) is 68.9 cm³/mol. The van der Waals surface area contributed by atoms with E-state index in [1.807, 2.05) is 4.90 Å². The summed E-state index contributed by atoms with van der Waals surface area (Å²) in [6, 6.07) is 0.241. The minimum atomic E-state index is 0.0217. The molecule has 0 aromatic carbocycles. The van der Waals surface area contributed by atoms with E-state index >= 15 is 0 Å². The number of hydrogen-bond acceptors (Lipinski definition) is 3. The third-order valence-electron chi connectivity index (χ3n) is 4.05. The topological polar surface area (TPSA) is 61.4 Å². The van der Waals surface area contributed by atoms with Crippen molar-refractivity contribution in [2.75, 3.05) is 26.2 Å². The Labute approximate surface area is 108 Å². The Morgan fingerprint density at radius 1 is 1.22 bits per heavy atom. The van der Waals surface area contributed by atoms with Crippen molar-refractivity contribution < 1.29 is 9.59 Å². The number of hydrogen-bond donors (Lipinski definition) is 2. The summed E-state index contributed by atoms with van der Waals surface area (Å²) in [6.07, 6.45) is 1.75. The van der Waals surface area contributed by atoms with Crippen molar-refractivity contribution in [3.8, 4) is 0 Å². The van der Waals surface area contributed by atoms with Crippen LogP contribution in [0.25, 0.3) is 0 Å². The highest BCUT2D eigenvalue weighted by molar-refractivity contribution is 5.80. The zero-order valence-corrected chi connectivity index (χ0v) is 11.2. The first-order valence-corrected chi connectivity index (χ1v) is 6.84. The van der Waals surface area contributed by atoms with Crippen LogP contribution in [0.5, 0.6) is 0 Å². The Balaban J connectivity index is 1.82. The normalized spacial score (nSPS) is 29.3. The van der Waals surface area contributed by atoms with Crippen molar-refractivity contribution in [3.63, 3.8) is 0 Å². The quantitative estimate of drug-likeness (QED) is 0.726. The zero-order chi connectivity index (χ0) is 13.1. The van der Waals surface area contributed by atoms with Gasteiger partial charge in [-0.05, 0) is 25.3 Å². The second-order valence-electron chi connectivity index (χ2n) is 5.54. The van der Waals surface area contributed by atoms with Gasteiger partial charge in [0.2, 0.25) is 11.8 Å². The summed E-state index contributed by atoms with van der Waals surface area (Å²) in [5, 5.41) is 6.20. The van der Waals surface area contributed by atoms with Crippen molar-refractivity contribution in [2.24, 2.45) is 11.8 Å². The highest BCUT2D eigenvalue weighted by Gasteiger charge is 2.34. The maximum Gasteiger partial charge on any atom is 0.227 e. The molecule has 2 heterocycles. The van der Waals surface area contributed by atoms with Gasteiger partial charge in [-0.3, -0.25) is 9.59 Å². The summed E-state index contributed by atoms with van der Waals surface area (Å²) >= 11 is 0. The molecule has 0 saturated carbocycles. The van der Waals surface area contributed by atoms with E-state index in [1.54, 1.807) is 6.92 Å². The van der Waals surface area contributed by atoms with Crippen LogP contribution in [0.4, 0.5) is 0 Å². The molecule has 5 heteroatoms. The maximum atomic E-state index is 12.3. The van der Waals surface area contributed by atoms with Crippen LogP contribution in [-0.4, -0.2) is 48.9 Å². The van der Waals surface area contributed by atoms with Gasteiger partial charge in [-0.1, -0.05) is 6.92 Å². The summed E-state index contributed by atoms with van der Waals surface area (Å²) in [7, 11) is 0. The van der Waals surface area contributed by atoms with Crippen molar-refractivity contribution in [3.05, 3.63) is 0 Å². The fraction of sp³-hybridized carbons (Fsp3) is 0.846. The van der Waals surface area contributed by atoms with Crippen LogP contribution < -0.4 is 10.6 Å². The molecular weight excluding hydrogens is 230 g/mol. The number of rotatable bonds is 2. The van der Waals surface area contributed by atoms with Crippen LogP contribution in [0.2, 0.25) is 0 Å². The molecule has 0 radical (unpaired) electrons. The van der Waals surface area contributed by atoms with E-state index in [0.717, 1.165) is 39.0 Å². The molecule has 2 saturated heterocycles. The lowest BCUT2D eigenvalue weighted by Crippen LogP contribution is -2.48. The molecule has 0 aromatic rings. The van der Waals surface area contributed by atoms with Crippen LogP contribution >= 0.6 is 0 Å². The minimum Gasteiger partial charge on any atom is -0.353 e. The molecular formula is C13H23N3O2. The fourth-order valence-electron chi connectivity index (χ4n) is 2.91. The Bertz CT molecular complexity index is 324. The number of amides is 2. The Hall–Kier alpha value is -1.10. The van der Waals surface area contributed by atoms with Crippen LogP contribution in [-0.2, 0) is 9.59 Å². The molecule has 18 heavy (non-hydrogen) atoms. The molecule has 0 aliphatic carbocycles. The number of carbonyl (C=O) groups excluding carboxylic acids is 2. The van der Waals surface area contributed by atoms with Gasteiger partial charge in [-0.2, -0.15) is 0 Å². The second kappa shape index (κ2) is 5.69. The number of piperidine rings is 1. The lowest BCUT2D eigenvalue weighted by molar-refractivity contribution is -0.137. The van der Waals surface area contributed by atoms with Crippen LogP contribution in [0, 0.1) is 11.8 Å². The van der Waals surface area contributed by atoms with Crippen LogP contribution in [0.3, 0.4) is 0 Å². The van der Waals surface area contributed by atoms with Gasteiger partial charge in [-0.25, -0.2) is 0 Å². The first-order valence-electron chi connectivity index (χ1n) is 6.84. The van der Waals surface area contributed by atoms with Gasteiger partial charge in [0.15, 0.2) is 0 Å². The summed E-state index contributed by atoms with van der Waals surface area (Å²) in [5.74, 6) is 0.884. The van der Waals surface area contributed by atoms with E-state index in [4.69, 9.17) is 0 Å². The van der Waals surface area contributed by atoms with E-state index in [1.165, 1.54) is 0 Å². The molecule has 0 spiro atoms. The number of likely N-dealkylation sites (tertiary alicyclic amines) is 1. The first-order chi connectivity index (χ1) is 8.58. The lowest BCUT2D eigenvalue weighted by atomic mass is 9.95. The van der Waals surface area contributed by atoms with Crippen molar-refractivity contribution in [1.29, 1.82) is 0 Å². The molecule has 2 atom stereocenters. The molecule has 0 bridgehead atoms. The van der Waals surface area contributed by atoms with E-state index in [9.17, 15) is 9.59 Å². The number of nitrogens with one attached hydrogen (secondary N) is 2. The SMILES string of the molecule is CC(=O)NC1CCN(C(=O)[C@@H]2CNC[C@H]2C)CC1. The second-order valence-corrected chi connectivity index (χ2v) is 5.54. The summed E-state index contributed by atoms with van der Waals surface area (Å²) in [6.45, 7) is 6.97. The molecule has 2 aliphatic heterocycles. The van der Waals surface area contributed by atoms with Gasteiger partial charge in [0.05, 0.1) is 5.92 Å². The van der Waals surface area contributed by atoms with Crippen molar-refractivity contribution in [2.45, 2.75) is 32.7 Å². The standard InChI is InChI=1S/C13H23N3O2/c1-9-7-14-8-12(9)13(18)16-5-3-11(4-6-16)15-10(2)17/h9,11-12,14H,3-8H2,1-2H3,(H,15,17)/t9-,12-/m1/s1. The zero-order valence-electron chi connectivity index (χ0n) is 11.2. The predicted octanol–water partition coefficient (Wildman–Crippen LogP) is -0.0310. The third-order valence-corrected chi connectivity index (χ3v) is 4.05. The maximum absolute atomic E-state index is 12.3. The molecule has 0 unspecified atom stereocenters. The highest BCUT2D eigenvalue weighted by atomic mass is 16.2. The summed E-state index contributed by atoms with van der Waals surface area (Å²) < 4.78 is 0. The fourth-order valence-corrected chi connectivity index (χ4v) is 2.91. The van der Waals surface area contributed by atoms with Gasteiger partial charge < -0.3 is 15.5 Å². The summed E-state index contributed by atoms with van der Waals surface area (Å²) in [4.78, 5) is 25.3. The minimum absolute atomic E-state index is 0.0217. The molecule has 2 N–H and O–H groups in total. The molecule has 2 aliphatic rings. The van der Waals surface area contributed by atoms with Gasteiger partial charge in [0.1, 0.15) is 0 Å². The molecule has 5 nitrogen and oxygen atoms in total. The Morgan fingerprint density at radius 2 is 1.89 bits per heavy atom. The molecule has 2 rings (SSSR count). The average molecular weight is 253 g/mol. The highest BCUT2D eigenvalue weighted by Crippen LogP contribution is 2.21. The monoisotopic (exact) mass is 253 g/mol. The molecule has 0 aromatic heterocycles. The van der Waals surface area contributed by atoms with E-state index in [2.05, 4.69) is 17.6 Å². The molecule has 2 amide bonds. The largest absolute Gasteiger partial charge is 0.353 e. The summed E-state index contributed by atoms with van der Waals surface area (Å²) in [5.41, 5.74) is 0. The third kappa shape index (κ3) is 3.02.